The summed E-state index contributed by atoms with van der Waals surface area (Å²) in [6, 6.07) is 10.2. The van der Waals surface area contributed by atoms with E-state index in [1.165, 1.54) is 10.4 Å². The summed E-state index contributed by atoms with van der Waals surface area (Å²) in [5.74, 6) is 1.34. The average molecular weight is 318 g/mol. The summed E-state index contributed by atoms with van der Waals surface area (Å²) in [4.78, 5) is 11.1. The summed E-state index contributed by atoms with van der Waals surface area (Å²) < 4.78 is 0. The fourth-order valence-electron chi connectivity index (χ4n) is 2.35. The second-order valence-corrected chi connectivity index (χ2v) is 6.46. The van der Waals surface area contributed by atoms with Crippen LogP contribution in [0.1, 0.15) is 22.0 Å². The van der Waals surface area contributed by atoms with Crippen LogP contribution in [0.25, 0.3) is 10.2 Å². The third-order valence-corrected chi connectivity index (χ3v) is 5.06. The molecule has 5 heteroatoms. The van der Waals surface area contributed by atoms with Gasteiger partial charge >= 0.3 is 0 Å². The third kappa shape index (κ3) is 2.74. The summed E-state index contributed by atoms with van der Waals surface area (Å²) in [5.41, 5.74) is 2.39. The van der Waals surface area contributed by atoms with Crippen LogP contribution in [0, 0.1) is 13.8 Å². The van der Waals surface area contributed by atoms with Crippen molar-refractivity contribution >= 4 is 39.0 Å². The Morgan fingerprint density at radius 3 is 2.67 bits per heavy atom. The number of anilines is 1. The maximum absolute atomic E-state index is 6.14. The zero-order chi connectivity index (χ0) is 14.8. The molecule has 0 saturated heterocycles. The lowest BCUT2D eigenvalue weighted by atomic mass is 10.1. The van der Waals surface area contributed by atoms with E-state index in [0.29, 0.717) is 5.88 Å². The van der Waals surface area contributed by atoms with Crippen molar-refractivity contribution in [1.29, 1.82) is 0 Å². The van der Waals surface area contributed by atoms with Gasteiger partial charge in [0.1, 0.15) is 17.0 Å². The van der Waals surface area contributed by atoms with Gasteiger partial charge in [-0.25, -0.2) is 9.97 Å². The fourth-order valence-corrected chi connectivity index (χ4v) is 3.61. The van der Waals surface area contributed by atoms with Crippen molar-refractivity contribution in [3.63, 3.8) is 0 Å². The van der Waals surface area contributed by atoms with E-state index in [1.807, 2.05) is 18.2 Å². The van der Waals surface area contributed by atoms with Crippen molar-refractivity contribution in [3.05, 3.63) is 52.7 Å². The maximum Gasteiger partial charge on any atom is 0.138 e. The Labute approximate surface area is 133 Å². The molecule has 3 nitrogen and oxygen atoms in total. The van der Waals surface area contributed by atoms with Crippen LogP contribution < -0.4 is 5.32 Å². The van der Waals surface area contributed by atoms with E-state index < -0.39 is 0 Å². The van der Waals surface area contributed by atoms with Crippen molar-refractivity contribution in [2.24, 2.45) is 0 Å². The average Bonchev–Trinajstić information content (AvgIpc) is 2.81. The summed E-state index contributed by atoms with van der Waals surface area (Å²) in [7, 11) is 0. The molecule has 21 heavy (non-hydrogen) atoms. The van der Waals surface area contributed by atoms with Gasteiger partial charge in [0, 0.05) is 10.8 Å². The summed E-state index contributed by atoms with van der Waals surface area (Å²) in [6.07, 6.45) is 1.61. The largest absolute Gasteiger partial charge is 0.361 e. The molecule has 0 spiro atoms. The lowest BCUT2D eigenvalue weighted by Crippen LogP contribution is -2.13. The number of aryl methyl sites for hydroxylation is 2. The highest BCUT2D eigenvalue weighted by Gasteiger charge is 2.16. The number of hydrogen-bond donors (Lipinski definition) is 1. The molecule has 1 unspecified atom stereocenters. The molecule has 108 valence electrons. The second-order valence-electron chi connectivity index (χ2n) is 4.95. The summed E-state index contributed by atoms with van der Waals surface area (Å²) >= 11 is 7.84. The van der Waals surface area contributed by atoms with E-state index in [4.69, 9.17) is 11.6 Å². The van der Waals surface area contributed by atoms with Crippen LogP contribution in [0.5, 0.6) is 0 Å². The van der Waals surface area contributed by atoms with Crippen LogP contribution >= 0.6 is 22.9 Å². The molecule has 0 amide bonds. The highest BCUT2D eigenvalue weighted by molar-refractivity contribution is 7.18. The monoisotopic (exact) mass is 317 g/mol. The standard InChI is InChI=1S/C16H16ClN3S/c1-10-11(2)21-16-14(10)15(18-9-19-16)20-13(8-17)12-6-4-3-5-7-12/h3-7,9,13H,8H2,1-2H3,(H,18,19,20). The molecule has 0 bridgehead atoms. The zero-order valence-electron chi connectivity index (χ0n) is 11.9. The number of benzene rings is 1. The van der Waals surface area contributed by atoms with Gasteiger partial charge in [-0.15, -0.1) is 22.9 Å². The summed E-state index contributed by atoms with van der Waals surface area (Å²) in [5, 5.41) is 4.57. The molecule has 0 fully saturated rings. The Kier molecular flexibility index (Phi) is 4.08. The number of nitrogens with zero attached hydrogens (tertiary/aromatic N) is 2. The quantitative estimate of drug-likeness (QED) is 0.709. The topological polar surface area (TPSA) is 37.8 Å². The first kappa shape index (κ1) is 14.3. The Morgan fingerprint density at radius 1 is 1.19 bits per heavy atom. The van der Waals surface area contributed by atoms with Gasteiger partial charge in [-0.1, -0.05) is 30.3 Å². The zero-order valence-corrected chi connectivity index (χ0v) is 13.5. The first-order chi connectivity index (χ1) is 10.2. The fraction of sp³-hybridized carbons (Fsp3) is 0.250. The number of rotatable bonds is 4. The number of alkyl halides is 1. The minimum atomic E-state index is 0.0329. The predicted octanol–water partition coefficient (Wildman–Crippen LogP) is 4.70. The highest BCUT2D eigenvalue weighted by Crippen LogP contribution is 2.34. The van der Waals surface area contributed by atoms with Crippen molar-refractivity contribution in [3.8, 4) is 0 Å². The van der Waals surface area contributed by atoms with Gasteiger partial charge in [0.25, 0.3) is 0 Å². The lowest BCUT2D eigenvalue weighted by Gasteiger charge is -2.17. The molecular weight excluding hydrogens is 302 g/mol. The molecule has 2 aromatic heterocycles. The predicted molar refractivity (Wildman–Crippen MR) is 90.4 cm³/mol. The molecule has 1 N–H and O–H groups in total. The van der Waals surface area contributed by atoms with E-state index in [0.717, 1.165) is 21.6 Å². The molecule has 0 aliphatic heterocycles. The van der Waals surface area contributed by atoms with E-state index in [9.17, 15) is 0 Å². The molecule has 0 radical (unpaired) electrons. The van der Waals surface area contributed by atoms with Crippen LogP contribution in [0.3, 0.4) is 0 Å². The minimum Gasteiger partial charge on any atom is -0.361 e. The van der Waals surface area contributed by atoms with Crippen LogP contribution in [-0.4, -0.2) is 15.8 Å². The van der Waals surface area contributed by atoms with Gasteiger partial charge in [-0.3, -0.25) is 0 Å². The van der Waals surface area contributed by atoms with E-state index in [-0.39, 0.29) is 6.04 Å². The normalized spacial score (nSPS) is 12.5. The molecule has 0 saturated carbocycles. The Morgan fingerprint density at radius 2 is 1.95 bits per heavy atom. The first-order valence-corrected chi connectivity index (χ1v) is 8.14. The molecule has 0 aliphatic rings. The number of thiophene rings is 1. The number of nitrogens with one attached hydrogen (secondary N) is 1. The van der Waals surface area contributed by atoms with Gasteiger partial charge in [0.05, 0.1) is 11.4 Å². The van der Waals surface area contributed by atoms with Crippen LogP contribution in [0.15, 0.2) is 36.7 Å². The van der Waals surface area contributed by atoms with Gasteiger partial charge in [0.2, 0.25) is 0 Å². The van der Waals surface area contributed by atoms with E-state index in [2.05, 4.69) is 41.3 Å². The molecule has 0 aliphatic carbocycles. The Balaban J connectivity index is 2.01. The molecular formula is C16H16ClN3S. The van der Waals surface area contributed by atoms with E-state index in [1.54, 1.807) is 17.7 Å². The van der Waals surface area contributed by atoms with Gasteiger partial charge in [-0.05, 0) is 25.0 Å². The Bertz CT molecular complexity index is 755. The van der Waals surface area contributed by atoms with Crippen LogP contribution in [0.4, 0.5) is 5.82 Å². The second kappa shape index (κ2) is 6.00. The third-order valence-electron chi connectivity index (χ3n) is 3.63. The number of aromatic nitrogens is 2. The van der Waals surface area contributed by atoms with Gasteiger partial charge in [-0.2, -0.15) is 0 Å². The molecule has 2 heterocycles. The minimum absolute atomic E-state index is 0.0329. The SMILES string of the molecule is Cc1sc2ncnc(NC(CCl)c3ccccc3)c2c1C. The van der Waals surface area contributed by atoms with Gasteiger partial charge in [0.15, 0.2) is 0 Å². The number of hydrogen-bond acceptors (Lipinski definition) is 4. The number of fused-ring (bicyclic) bond motifs is 1. The Hall–Kier alpha value is -1.65. The lowest BCUT2D eigenvalue weighted by molar-refractivity contribution is 0.884. The number of halogens is 1. The van der Waals surface area contributed by atoms with Gasteiger partial charge < -0.3 is 5.32 Å². The highest BCUT2D eigenvalue weighted by atomic mass is 35.5. The molecule has 1 atom stereocenters. The van der Waals surface area contributed by atoms with E-state index >= 15 is 0 Å². The molecule has 1 aromatic carbocycles. The van der Waals surface area contributed by atoms with Crippen LogP contribution in [0.2, 0.25) is 0 Å². The van der Waals surface area contributed by atoms with Crippen molar-refractivity contribution in [2.45, 2.75) is 19.9 Å². The first-order valence-electron chi connectivity index (χ1n) is 6.79. The molecule has 3 rings (SSSR count). The van der Waals surface area contributed by atoms with Crippen LogP contribution in [-0.2, 0) is 0 Å². The maximum atomic E-state index is 6.14. The van der Waals surface area contributed by atoms with Crippen molar-refractivity contribution < 1.29 is 0 Å². The smallest absolute Gasteiger partial charge is 0.138 e. The summed E-state index contributed by atoms with van der Waals surface area (Å²) in [6.45, 7) is 4.22. The molecule has 3 aromatic rings. The van der Waals surface area contributed by atoms with Crippen molar-refractivity contribution in [2.75, 3.05) is 11.2 Å². The van der Waals surface area contributed by atoms with Crippen molar-refractivity contribution in [1.82, 2.24) is 9.97 Å².